The molecule has 0 saturated heterocycles. The Kier molecular flexibility index (Phi) is 13.3. The zero-order valence-corrected chi connectivity index (χ0v) is 18.7. The number of carboxylic acids is 1. The fourth-order valence-corrected chi connectivity index (χ4v) is 4.38. The van der Waals surface area contributed by atoms with Crippen molar-refractivity contribution in [1.82, 2.24) is 0 Å². The van der Waals surface area contributed by atoms with Gasteiger partial charge in [0.15, 0.2) is 5.66 Å². The molecule has 6 heteroatoms. The van der Waals surface area contributed by atoms with Crippen LogP contribution in [-0.2, 0) is 18.4 Å². The Morgan fingerprint density at radius 2 is 1.41 bits per heavy atom. The molecule has 0 saturated carbocycles. The summed E-state index contributed by atoms with van der Waals surface area (Å²) in [4.78, 5) is 11.6. The molecule has 156 valence electrons. The van der Waals surface area contributed by atoms with E-state index in [2.05, 4.69) is 32.9 Å². The van der Waals surface area contributed by atoms with Crippen molar-refractivity contribution in [3.05, 3.63) is 34.9 Å². The van der Waals surface area contributed by atoms with Gasteiger partial charge in [0, 0.05) is 0 Å². The molecule has 1 atom stereocenters. The Balaban J connectivity index is 4.76. The standard InChI is InChI=1S/C21H37O5P/c1-7-25-27(24,26-8-2)20(21(22)23)16-15-19(6)14-10-13-18(5)12-9-11-17(3)4/h11,13,15,20H,7-10,12,14,16H2,1-6H3,(H,22,23)/b18-13+,19-15+. The largest absolute Gasteiger partial charge is 0.481 e. The Hall–Kier alpha value is -1.16. The minimum absolute atomic E-state index is 0.141. The molecule has 0 bridgehead atoms. The summed E-state index contributed by atoms with van der Waals surface area (Å²) in [6.07, 6.45) is 10.3. The third-order valence-electron chi connectivity index (χ3n) is 4.10. The lowest BCUT2D eigenvalue weighted by Gasteiger charge is -2.22. The summed E-state index contributed by atoms with van der Waals surface area (Å²) in [5.74, 6) is -1.15. The van der Waals surface area contributed by atoms with E-state index in [1.807, 2.05) is 13.0 Å². The van der Waals surface area contributed by atoms with E-state index >= 15 is 0 Å². The third-order valence-corrected chi connectivity index (χ3v) is 6.53. The monoisotopic (exact) mass is 400 g/mol. The van der Waals surface area contributed by atoms with E-state index in [9.17, 15) is 14.5 Å². The molecule has 0 amide bonds. The van der Waals surface area contributed by atoms with Crippen LogP contribution >= 0.6 is 7.60 Å². The molecule has 0 radical (unpaired) electrons. The molecule has 1 N–H and O–H groups in total. The van der Waals surface area contributed by atoms with E-state index in [-0.39, 0.29) is 19.6 Å². The molecular formula is C21H37O5P. The van der Waals surface area contributed by atoms with Crippen LogP contribution in [0, 0.1) is 0 Å². The zero-order chi connectivity index (χ0) is 20.9. The summed E-state index contributed by atoms with van der Waals surface area (Å²) < 4.78 is 23.2. The van der Waals surface area contributed by atoms with Crippen molar-refractivity contribution in [3.8, 4) is 0 Å². The molecule has 0 aliphatic carbocycles. The molecule has 0 aliphatic heterocycles. The van der Waals surface area contributed by atoms with Gasteiger partial charge < -0.3 is 14.2 Å². The van der Waals surface area contributed by atoms with Crippen molar-refractivity contribution < 1.29 is 23.5 Å². The highest BCUT2D eigenvalue weighted by atomic mass is 31.2. The molecule has 1 unspecified atom stereocenters. The van der Waals surface area contributed by atoms with E-state index in [0.29, 0.717) is 0 Å². The fraction of sp³-hybridized carbons (Fsp3) is 0.667. The summed E-state index contributed by atoms with van der Waals surface area (Å²) in [7, 11) is -3.67. The average Bonchev–Trinajstić information content (AvgIpc) is 2.54. The van der Waals surface area contributed by atoms with Crippen molar-refractivity contribution in [3.63, 3.8) is 0 Å². The average molecular weight is 400 g/mol. The van der Waals surface area contributed by atoms with Crippen LogP contribution in [0.4, 0.5) is 0 Å². The second kappa shape index (κ2) is 13.9. The van der Waals surface area contributed by atoms with Gasteiger partial charge in [0.2, 0.25) is 0 Å². The number of carboxylic acid groups (broad SMARTS) is 1. The van der Waals surface area contributed by atoms with Crippen LogP contribution in [-0.4, -0.2) is 29.9 Å². The number of aliphatic carboxylic acids is 1. The summed E-state index contributed by atoms with van der Waals surface area (Å²) >= 11 is 0. The summed E-state index contributed by atoms with van der Waals surface area (Å²) in [6.45, 7) is 12.0. The molecule has 0 rings (SSSR count). The first-order valence-corrected chi connectivity index (χ1v) is 11.3. The van der Waals surface area contributed by atoms with E-state index in [1.54, 1.807) is 13.8 Å². The van der Waals surface area contributed by atoms with E-state index < -0.39 is 19.2 Å². The fourth-order valence-electron chi connectivity index (χ4n) is 2.59. The molecular weight excluding hydrogens is 363 g/mol. The number of hydrogen-bond acceptors (Lipinski definition) is 4. The Bertz CT molecular complexity index is 575. The Labute approximate surface area is 165 Å². The van der Waals surface area contributed by atoms with Gasteiger partial charge in [0.1, 0.15) is 0 Å². The topological polar surface area (TPSA) is 72.8 Å². The highest BCUT2D eigenvalue weighted by Crippen LogP contribution is 2.54. The van der Waals surface area contributed by atoms with Crippen molar-refractivity contribution in [1.29, 1.82) is 0 Å². The van der Waals surface area contributed by atoms with E-state index in [1.165, 1.54) is 11.1 Å². The predicted octanol–water partition coefficient (Wildman–Crippen LogP) is 6.52. The van der Waals surface area contributed by atoms with Crippen LogP contribution < -0.4 is 0 Å². The van der Waals surface area contributed by atoms with Gasteiger partial charge in [-0.25, -0.2) is 0 Å². The van der Waals surface area contributed by atoms with Gasteiger partial charge in [0.05, 0.1) is 13.2 Å². The lowest BCUT2D eigenvalue weighted by molar-refractivity contribution is -0.136. The van der Waals surface area contributed by atoms with Gasteiger partial charge in [-0.2, -0.15) is 0 Å². The highest BCUT2D eigenvalue weighted by molar-refractivity contribution is 7.55. The molecule has 0 heterocycles. The minimum atomic E-state index is -3.67. The molecule has 0 fully saturated rings. The SMILES string of the molecule is CCOP(=O)(OCC)C(C/C=C(\C)CC/C=C(\C)CCC=C(C)C)C(=O)O. The molecule has 0 aromatic heterocycles. The van der Waals surface area contributed by atoms with Crippen LogP contribution in [0.2, 0.25) is 0 Å². The summed E-state index contributed by atoms with van der Waals surface area (Å²) in [5.41, 5.74) is 2.61. The number of carbonyl (C=O) groups is 1. The number of rotatable bonds is 14. The van der Waals surface area contributed by atoms with Crippen molar-refractivity contribution in [2.45, 2.75) is 79.3 Å². The quantitative estimate of drug-likeness (QED) is 0.266. The van der Waals surface area contributed by atoms with Gasteiger partial charge in [-0.15, -0.1) is 0 Å². The lowest BCUT2D eigenvalue weighted by atomic mass is 10.1. The van der Waals surface area contributed by atoms with Gasteiger partial charge in [-0.05, 0) is 73.6 Å². The Morgan fingerprint density at radius 1 is 0.926 bits per heavy atom. The minimum Gasteiger partial charge on any atom is -0.481 e. The van der Waals surface area contributed by atoms with Gasteiger partial charge in [0.25, 0.3) is 0 Å². The number of hydrogen-bond donors (Lipinski definition) is 1. The highest BCUT2D eigenvalue weighted by Gasteiger charge is 2.40. The maximum Gasteiger partial charge on any atom is 0.345 e. The Morgan fingerprint density at radius 3 is 1.85 bits per heavy atom. The second-order valence-corrected chi connectivity index (χ2v) is 9.14. The first kappa shape index (κ1) is 25.8. The smallest absolute Gasteiger partial charge is 0.345 e. The van der Waals surface area contributed by atoms with Crippen molar-refractivity contribution in [2.75, 3.05) is 13.2 Å². The maximum absolute atomic E-state index is 12.8. The molecule has 0 aliphatic rings. The lowest BCUT2D eigenvalue weighted by Crippen LogP contribution is -2.22. The van der Waals surface area contributed by atoms with E-state index in [4.69, 9.17) is 9.05 Å². The van der Waals surface area contributed by atoms with Crippen LogP contribution in [0.5, 0.6) is 0 Å². The predicted molar refractivity (Wildman–Crippen MR) is 112 cm³/mol. The van der Waals surface area contributed by atoms with E-state index in [0.717, 1.165) is 31.3 Å². The van der Waals surface area contributed by atoms with Crippen molar-refractivity contribution in [2.24, 2.45) is 0 Å². The van der Waals surface area contributed by atoms with Crippen LogP contribution in [0.3, 0.4) is 0 Å². The molecule has 27 heavy (non-hydrogen) atoms. The van der Waals surface area contributed by atoms with Crippen LogP contribution in [0.1, 0.15) is 73.6 Å². The first-order valence-electron chi connectivity index (χ1n) is 9.72. The number of allylic oxidation sites excluding steroid dienone is 6. The summed E-state index contributed by atoms with van der Waals surface area (Å²) in [6, 6.07) is 0. The molecule has 5 nitrogen and oxygen atoms in total. The van der Waals surface area contributed by atoms with Gasteiger partial charge in [-0.3, -0.25) is 9.36 Å². The van der Waals surface area contributed by atoms with Gasteiger partial charge >= 0.3 is 13.6 Å². The molecule has 0 aromatic carbocycles. The van der Waals surface area contributed by atoms with Crippen LogP contribution in [0.25, 0.3) is 0 Å². The second-order valence-electron chi connectivity index (χ2n) is 6.92. The third kappa shape index (κ3) is 11.3. The summed E-state index contributed by atoms with van der Waals surface area (Å²) in [5, 5.41) is 9.47. The van der Waals surface area contributed by atoms with Crippen molar-refractivity contribution >= 4 is 13.6 Å². The normalized spacial score (nSPS) is 14.1. The van der Waals surface area contributed by atoms with Gasteiger partial charge in [-0.1, -0.05) is 34.9 Å². The van der Waals surface area contributed by atoms with Crippen LogP contribution in [0.15, 0.2) is 34.9 Å². The first-order chi connectivity index (χ1) is 12.7. The molecule has 0 spiro atoms. The maximum atomic E-state index is 12.8. The zero-order valence-electron chi connectivity index (χ0n) is 17.8. The molecule has 0 aromatic rings.